The Labute approximate surface area is 192 Å². The molecule has 170 valence electrons. The molecule has 0 unspecified atom stereocenters. The van der Waals surface area contributed by atoms with E-state index in [1.807, 2.05) is 0 Å². The van der Waals surface area contributed by atoms with Gasteiger partial charge in [0, 0.05) is 36.7 Å². The van der Waals surface area contributed by atoms with E-state index in [0.717, 1.165) is 0 Å². The molecule has 0 saturated heterocycles. The molecule has 9 nitrogen and oxygen atoms in total. The van der Waals surface area contributed by atoms with Gasteiger partial charge in [-0.2, -0.15) is 0 Å². The summed E-state index contributed by atoms with van der Waals surface area (Å²) in [6.07, 6.45) is 0. The van der Waals surface area contributed by atoms with Crippen LogP contribution in [0, 0.1) is 0 Å². The maximum Gasteiger partial charge on any atom is 0.347 e. The first-order chi connectivity index (χ1) is 16.3. The Morgan fingerprint density at radius 2 is 1.47 bits per heavy atom. The number of hydrogen-bond acceptors (Lipinski definition) is 8. The van der Waals surface area contributed by atoms with Crippen molar-refractivity contribution >= 4 is 34.4 Å². The molecule has 0 radical (unpaired) electrons. The highest BCUT2D eigenvalue weighted by atomic mass is 16.5. The van der Waals surface area contributed by atoms with Gasteiger partial charge in [-0.25, -0.2) is 9.78 Å². The number of aromatic nitrogens is 1. The number of carbonyl (C=O) groups is 3. The molecule has 34 heavy (non-hydrogen) atoms. The van der Waals surface area contributed by atoms with Crippen LogP contribution in [-0.4, -0.2) is 22.8 Å². The first-order valence-electron chi connectivity index (χ1n) is 10.1. The number of nitrogens with zero attached hydrogens (tertiary/aromatic N) is 1. The van der Waals surface area contributed by atoms with Crippen LogP contribution in [0.1, 0.15) is 24.2 Å². The molecular formula is C25H18N2O7. The minimum absolute atomic E-state index is 0.0594. The topological polar surface area (TPSA) is 125 Å². The van der Waals surface area contributed by atoms with Crippen molar-refractivity contribution in [3.63, 3.8) is 0 Å². The van der Waals surface area contributed by atoms with Gasteiger partial charge < -0.3 is 19.2 Å². The number of nitrogens with one attached hydrogen (secondary N) is 1. The summed E-state index contributed by atoms with van der Waals surface area (Å²) < 4.78 is 15.4. The summed E-state index contributed by atoms with van der Waals surface area (Å²) in [4.78, 5) is 51.9. The molecule has 0 aliphatic heterocycles. The second-order valence-corrected chi connectivity index (χ2v) is 7.24. The zero-order valence-electron chi connectivity index (χ0n) is 18.2. The number of carbonyl (C=O) groups excluding carboxylic acids is 3. The van der Waals surface area contributed by atoms with Crippen LogP contribution in [0.2, 0.25) is 0 Å². The highest BCUT2D eigenvalue weighted by Crippen LogP contribution is 2.25. The van der Waals surface area contributed by atoms with Gasteiger partial charge in [0.2, 0.25) is 5.89 Å². The summed E-state index contributed by atoms with van der Waals surface area (Å²) in [6.45, 7) is 2.43. The Hall–Kier alpha value is -4.79. The Kier molecular flexibility index (Phi) is 6.18. The van der Waals surface area contributed by atoms with Crippen LogP contribution >= 0.6 is 0 Å². The molecule has 0 aliphatic rings. The highest BCUT2D eigenvalue weighted by Gasteiger charge is 2.14. The van der Waals surface area contributed by atoms with Crippen molar-refractivity contribution in [2.75, 3.05) is 5.32 Å². The summed E-state index contributed by atoms with van der Waals surface area (Å²) in [5.74, 6) is -1.42. The van der Waals surface area contributed by atoms with E-state index >= 15 is 0 Å². The van der Waals surface area contributed by atoms with E-state index < -0.39 is 23.5 Å². The summed E-state index contributed by atoms with van der Waals surface area (Å²) >= 11 is 0. The first-order valence-corrected chi connectivity index (χ1v) is 10.1. The normalized spacial score (nSPS) is 10.5. The lowest BCUT2D eigenvalue weighted by Crippen LogP contribution is -2.13. The number of ether oxygens (including phenoxy) is 2. The fourth-order valence-electron chi connectivity index (χ4n) is 3.19. The largest absolute Gasteiger partial charge is 0.427 e. The van der Waals surface area contributed by atoms with Crippen molar-refractivity contribution in [1.82, 2.24) is 4.98 Å². The lowest BCUT2D eigenvalue weighted by Gasteiger charge is -2.10. The first kappa shape index (κ1) is 22.4. The predicted octanol–water partition coefficient (Wildman–Crippen LogP) is 3.96. The Balaban J connectivity index is 1.57. The van der Waals surface area contributed by atoms with Crippen molar-refractivity contribution < 1.29 is 28.3 Å². The van der Waals surface area contributed by atoms with E-state index in [1.54, 1.807) is 48.5 Å². The van der Waals surface area contributed by atoms with Crippen LogP contribution < -0.4 is 20.4 Å². The third-order valence-electron chi connectivity index (χ3n) is 4.59. The summed E-state index contributed by atoms with van der Waals surface area (Å²) in [5, 5.41) is 3.09. The fraction of sp³-hybridized carbons (Fsp3) is 0.0800. The molecule has 1 amide bonds. The van der Waals surface area contributed by atoms with Crippen LogP contribution in [-0.2, 0) is 9.59 Å². The molecule has 1 aromatic heterocycles. The molecule has 0 fully saturated rings. The zero-order chi connectivity index (χ0) is 24.2. The molecule has 4 aromatic rings. The number of amides is 1. The number of rotatable bonds is 5. The van der Waals surface area contributed by atoms with Crippen molar-refractivity contribution in [3.8, 4) is 23.0 Å². The number of anilines is 1. The molecule has 0 atom stereocenters. The second-order valence-electron chi connectivity index (χ2n) is 7.24. The lowest BCUT2D eigenvalue weighted by molar-refractivity contribution is -0.132. The van der Waals surface area contributed by atoms with Gasteiger partial charge >= 0.3 is 17.6 Å². The van der Waals surface area contributed by atoms with E-state index in [4.69, 9.17) is 13.9 Å². The standard InChI is InChI=1S/C25H18N2O7/c1-14(28)32-19-11-17(12-20(13-19)33-15(2)29)23(30)26-18-9-7-16(8-10-18)24-27-22-6-4-3-5-21(22)25(31)34-24/h3-13H,1-2H3,(H,26,30). The third-order valence-corrected chi connectivity index (χ3v) is 4.59. The van der Waals surface area contributed by atoms with Gasteiger partial charge in [0.15, 0.2) is 0 Å². The minimum Gasteiger partial charge on any atom is -0.427 e. The summed E-state index contributed by atoms with van der Waals surface area (Å²) in [7, 11) is 0. The minimum atomic E-state index is -0.587. The van der Waals surface area contributed by atoms with Gasteiger partial charge in [-0.3, -0.25) is 14.4 Å². The summed E-state index contributed by atoms with van der Waals surface area (Å²) in [6, 6.07) is 17.4. The van der Waals surface area contributed by atoms with Crippen molar-refractivity contribution in [2.45, 2.75) is 13.8 Å². The molecular weight excluding hydrogens is 440 g/mol. The van der Waals surface area contributed by atoms with E-state index in [2.05, 4.69) is 10.3 Å². The van der Waals surface area contributed by atoms with Crippen LogP contribution in [0.15, 0.2) is 75.9 Å². The fourth-order valence-corrected chi connectivity index (χ4v) is 3.19. The van der Waals surface area contributed by atoms with E-state index in [9.17, 15) is 19.2 Å². The number of benzene rings is 3. The second kappa shape index (κ2) is 9.37. The molecule has 1 N–H and O–H groups in total. The number of para-hydroxylation sites is 1. The van der Waals surface area contributed by atoms with Crippen LogP contribution in [0.5, 0.6) is 11.5 Å². The third kappa shape index (κ3) is 5.16. The molecule has 0 bridgehead atoms. The Morgan fingerprint density at radius 3 is 2.09 bits per heavy atom. The molecule has 9 heteroatoms. The maximum absolute atomic E-state index is 12.8. The van der Waals surface area contributed by atoms with Gasteiger partial charge in [0.05, 0.1) is 10.9 Å². The molecule has 0 spiro atoms. The maximum atomic E-state index is 12.8. The van der Waals surface area contributed by atoms with E-state index in [1.165, 1.54) is 32.0 Å². The average molecular weight is 458 g/mol. The summed E-state index contributed by atoms with van der Waals surface area (Å²) in [5.41, 5.74) is 1.14. The average Bonchev–Trinajstić information content (AvgIpc) is 2.78. The van der Waals surface area contributed by atoms with Gasteiger partial charge in [-0.15, -0.1) is 0 Å². The van der Waals surface area contributed by atoms with E-state index in [0.29, 0.717) is 22.2 Å². The number of esters is 2. The van der Waals surface area contributed by atoms with Gasteiger partial charge in [0.1, 0.15) is 11.5 Å². The monoisotopic (exact) mass is 458 g/mol. The van der Waals surface area contributed by atoms with Crippen molar-refractivity contribution in [2.24, 2.45) is 0 Å². The van der Waals surface area contributed by atoms with E-state index in [-0.39, 0.29) is 23.0 Å². The Morgan fingerprint density at radius 1 is 0.853 bits per heavy atom. The SMILES string of the molecule is CC(=O)Oc1cc(OC(C)=O)cc(C(=O)Nc2ccc(-c3nc4ccccc4c(=O)o3)cc2)c1. The molecule has 3 aromatic carbocycles. The van der Waals surface area contributed by atoms with Gasteiger partial charge in [0.25, 0.3) is 5.91 Å². The number of fused-ring (bicyclic) bond motifs is 1. The zero-order valence-corrected chi connectivity index (χ0v) is 18.2. The highest BCUT2D eigenvalue weighted by molar-refractivity contribution is 6.05. The van der Waals surface area contributed by atoms with Crippen molar-refractivity contribution in [3.05, 3.63) is 82.7 Å². The van der Waals surface area contributed by atoms with Crippen LogP contribution in [0.25, 0.3) is 22.4 Å². The van der Waals surface area contributed by atoms with Crippen molar-refractivity contribution in [1.29, 1.82) is 0 Å². The number of hydrogen-bond donors (Lipinski definition) is 1. The quantitative estimate of drug-likeness (QED) is 0.352. The smallest absolute Gasteiger partial charge is 0.347 e. The van der Waals surface area contributed by atoms with Crippen LogP contribution in [0.3, 0.4) is 0 Å². The lowest BCUT2D eigenvalue weighted by atomic mass is 10.1. The molecule has 0 aliphatic carbocycles. The van der Waals surface area contributed by atoms with Crippen LogP contribution in [0.4, 0.5) is 5.69 Å². The van der Waals surface area contributed by atoms with Gasteiger partial charge in [-0.1, -0.05) is 12.1 Å². The predicted molar refractivity (Wildman–Crippen MR) is 123 cm³/mol. The molecule has 4 rings (SSSR count). The van der Waals surface area contributed by atoms with Gasteiger partial charge in [-0.05, 0) is 48.5 Å². The Bertz CT molecular complexity index is 1440. The molecule has 1 heterocycles. The molecule has 0 saturated carbocycles.